The van der Waals surface area contributed by atoms with Gasteiger partial charge in [-0.3, -0.25) is 4.79 Å². The fraction of sp³-hybridized carbons (Fsp3) is 0.533. The molecule has 1 N–H and O–H groups in total. The minimum Gasteiger partial charge on any atom is -0.496 e. The fourth-order valence-electron chi connectivity index (χ4n) is 1.62. The molecule has 1 atom stereocenters. The molecule has 20 heavy (non-hydrogen) atoms. The van der Waals surface area contributed by atoms with Crippen LogP contribution in [0.3, 0.4) is 0 Å². The lowest BCUT2D eigenvalue weighted by Gasteiger charge is -2.23. The Morgan fingerprint density at radius 3 is 2.65 bits per heavy atom. The molecule has 5 heteroatoms. The summed E-state index contributed by atoms with van der Waals surface area (Å²) in [6.45, 7) is 7.83. The molecule has 0 aromatic heterocycles. The first-order valence-electron chi connectivity index (χ1n) is 6.49. The number of thioether (sulfide) groups is 1. The lowest BCUT2D eigenvalue weighted by molar-refractivity contribution is -0.121. The lowest BCUT2D eigenvalue weighted by atomic mass is 10.1. The van der Waals surface area contributed by atoms with Gasteiger partial charge in [-0.25, -0.2) is 0 Å². The summed E-state index contributed by atoms with van der Waals surface area (Å²) in [6.07, 6.45) is 0. The van der Waals surface area contributed by atoms with E-state index in [1.54, 1.807) is 24.9 Å². The van der Waals surface area contributed by atoms with Gasteiger partial charge in [0.15, 0.2) is 0 Å². The minimum absolute atomic E-state index is 0.0449. The zero-order valence-corrected chi connectivity index (χ0v) is 14.2. The molecular weight excluding hydrogens is 294 g/mol. The molecule has 1 rings (SSSR count). The highest BCUT2D eigenvalue weighted by Gasteiger charge is 2.20. The standard InChI is InChI=1S/C15H22ClNO2S/c1-10(14(18)17-15(2,3)4)20-9-11-8-12(16)6-7-13(11)19-5/h6-8,10H,9H2,1-5H3,(H,17,18). The topological polar surface area (TPSA) is 38.3 Å². The molecule has 0 aliphatic heterocycles. The van der Waals surface area contributed by atoms with Crippen LogP contribution in [0.2, 0.25) is 5.02 Å². The summed E-state index contributed by atoms with van der Waals surface area (Å²) in [5.74, 6) is 1.52. The first-order chi connectivity index (χ1) is 9.23. The molecule has 1 unspecified atom stereocenters. The van der Waals surface area contributed by atoms with E-state index in [0.29, 0.717) is 10.8 Å². The van der Waals surface area contributed by atoms with Crippen molar-refractivity contribution in [2.45, 2.75) is 44.2 Å². The number of halogens is 1. The monoisotopic (exact) mass is 315 g/mol. The Bertz CT molecular complexity index is 471. The van der Waals surface area contributed by atoms with E-state index in [1.807, 2.05) is 39.8 Å². The van der Waals surface area contributed by atoms with Crippen LogP contribution in [0.25, 0.3) is 0 Å². The van der Waals surface area contributed by atoms with E-state index in [9.17, 15) is 4.79 Å². The predicted molar refractivity (Wildman–Crippen MR) is 86.7 cm³/mol. The van der Waals surface area contributed by atoms with Crippen molar-refractivity contribution in [3.63, 3.8) is 0 Å². The van der Waals surface area contributed by atoms with Crippen LogP contribution >= 0.6 is 23.4 Å². The molecular formula is C15H22ClNO2S. The molecule has 0 saturated heterocycles. The van der Waals surface area contributed by atoms with Crippen LogP contribution in [0.5, 0.6) is 5.75 Å². The number of carbonyl (C=O) groups excluding carboxylic acids is 1. The summed E-state index contributed by atoms with van der Waals surface area (Å²) in [7, 11) is 1.63. The summed E-state index contributed by atoms with van der Waals surface area (Å²) in [5.41, 5.74) is 0.792. The van der Waals surface area contributed by atoms with Crippen LogP contribution in [0.1, 0.15) is 33.3 Å². The van der Waals surface area contributed by atoms with Crippen molar-refractivity contribution in [1.82, 2.24) is 5.32 Å². The maximum absolute atomic E-state index is 12.0. The van der Waals surface area contributed by atoms with Crippen molar-refractivity contribution >= 4 is 29.3 Å². The molecule has 0 bridgehead atoms. The highest BCUT2D eigenvalue weighted by atomic mass is 35.5. The maximum Gasteiger partial charge on any atom is 0.233 e. The summed E-state index contributed by atoms with van der Waals surface area (Å²) < 4.78 is 5.30. The molecule has 1 aromatic carbocycles. The van der Waals surface area contributed by atoms with Crippen LogP contribution in [0.15, 0.2) is 18.2 Å². The Hall–Kier alpha value is -0.870. The van der Waals surface area contributed by atoms with E-state index in [-0.39, 0.29) is 16.7 Å². The molecule has 0 fully saturated rings. The fourth-order valence-corrected chi connectivity index (χ4v) is 2.68. The van der Waals surface area contributed by atoms with Gasteiger partial charge in [-0.15, -0.1) is 11.8 Å². The van der Waals surface area contributed by atoms with Crippen molar-refractivity contribution in [2.75, 3.05) is 7.11 Å². The van der Waals surface area contributed by atoms with E-state index >= 15 is 0 Å². The lowest BCUT2D eigenvalue weighted by Crippen LogP contribution is -2.44. The van der Waals surface area contributed by atoms with Gasteiger partial charge in [0, 0.05) is 21.9 Å². The highest BCUT2D eigenvalue weighted by Crippen LogP contribution is 2.28. The number of benzene rings is 1. The van der Waals surface area contributed by atoms with Gasteiger partial charge in [-0.2, -0.15) is 0 Å². The van der Waals surface area contributed by atoms with Gasteiger partial charge in [0.05, 0.1) is 12.4 Å². The average Bonchev–Trinajstić information content (AvgIpc) is 2.34. The summed E-state index contributed by atoms with van der Waals surface area (Å²) >= 11 is 7.56. The summed E-state index contributed by atoms with van der Waals surface area (Å²) in [6, 6.07) is 5.52. The summed E-state index contributed by atoms with van der Waals surface area (Å²) in [5, 5.41) is 3.53. The predicted octanol–water partition coefficient (Wildman–Crippen LogP) is 3.89. The number of carbonyl (C=O) groups is 1. The maximum atomic E-state index is 12.0. The second-order valence-corrected chi connectivity index (χ2v) is 7.41. The van der Waals surface area contributed by atoms with Crippen LogP contribution < -0.4 is 10.1 Å². The first kappa shape index (κ1) is 17.2. The van der Waals surface area contributed by atoms with Gasteiger partial charge in [0.1, 0.15) is 5.75 Å². The third-order valence-electron chi connectivity index (χ3n) is 2.60. The minimum atomic E-state index is -0.209. The zero-order chi connectivity index (χ0) is 15.3. The Labute approximate surface area is 130 Å². The van der Waals surface area contributed by atoms with Crippen LogP contribution in [0, 0.1) is 0 Å². The molecule has 0 aliphatic carbocycles. The molecule has 0 radical (unpaired) electrons. The molecule has 0 aliphatic rings. The third kappa shape index (κ3) is 5.63. The normalized spacial score (nSPS) is 12.9. The number of nitrogens with one attached hydrogen (secondary N) is 1. The Kier molecular flexibility index (Phi) is 6.21. The van der Waals surface area contributed by atoms with Gasteiger partial charge in [-0.05, 0) is 45.9 Å². The van der Waals surface area contributed by atoms with E-state index in [2.05, 4.69) is 5.32 Å². The van der Waals surface area contributed by atoms with Crippen LogP contribution in [-0.4, -0.2) is 23.8 Å². The van der Waals surface area contributed by atoms with E-state index in [0.717, 1.165) is 11.3 Å². The number of methoxy groups -OCH3 is 1. The SMILES string of the molecule is COc1ccc(Cl)cc1CSC(C)C(=O)NC(C)(C)C. The second kappa shape index (κ2) is 7.23. The average molecular weight is 316 g/mol. The summed E-state index contributed by atoms with van der Waals surface area (Å²) in [4.78, 5) is 12.0. The van der Waals surface area contributed by atoms with Crippen molar-refractivity contribution < 1.29 is 9.53 Å². The van der Waals surface area contributed by atoms with Crippen molar-refractivity contribution in [2.24, 2.45) is 0 Å². The van der Waals surface area contributed by atoms with Gasteiger partial charge in [0.25, 0.3) is 0 Å². The smallest absolute Gasteiger partial charge is 0.233 e. The van der Waals surface area contributed by atoms with Crippen LogP contribution in [-0.2, 0) is 10.5 Å². The van der Waals surface area contributed by atoms with Gasteiger partial charge in [-0.1, -0.05) is 11.6 Å². The molecule has 1 aromatic rings. The van der Waals surface area contributed by atoms with E-state index < -0.39 is 0 Å². The molecule has 3 nitrogen and oxygen atoms in total. The first-order valence-corrected chi connectivity index (χ1v) is 7.91. The molecule has 0 saturated carbocycles. The molecule has 1 amide bonds. The number of rotatable bonds is 5. The number of ether oxygens (including phenoxy) is 1. The van der Waals surface area contributed by atoms with Gasteiger partial charge >= 0.3 is 0 Å². The third-order valence-corrected chi connectivity index (χ3v) is 4.03. The van der Waals surface area contributed by atoms with E-state index in [1.165, 1.54) is 0 Å². The number of hydrogen-bond donors (Lipinski definition) is 1. The Balaban J connectivity index is 2.63. The van der Waals surface area contributed by atoms with Gasteiger partial charge < -0.3 is 10.1 Å². The van der Waals surface area contributed by atoms with Gasteiger partial charge in [0.2, 0.25) is 5.91 Å². The molecule has 112 valence electrons. The zero-order valence-electron chi connectivity index (χ0n) is 12.6. The quantitative estimate of drug-likeness (QED) is 0.896. The molecule has 0 heterocycles. The van der Waals surface area contributed by atoms with Crippen LogP contribution in [0.4, 0.5) is 0 Å². The molecule has 0 spiro atoms. The largest absolute Gasteiger partial charge is 0.496 e. The van der Waals surface area contributed by atoms with Crippen molar-refractivity contribution in [3.05, 3.63) is 28.8 Å². The number of amides is 1. The highest BCUT2D eigenvalue weighted by molar-refractivity contribution is 7.99. The van der Waals surface area contributed by atoms with E-state index in [4.69, 9.17) is 16.3 Å². The van der Waals surface area contributed by atoms with Crippen molar-refractivity contribution in [1.29, 1.82) is 0 Å². The Morgan fingerprint density at radius 1 is 1.45 bits per heavy atom. The van der Waals surface area contributed by atoms with Crippen molar-refractivity contribution in [3.8, 4) is 5.75 Å². The Morgan fingerprint density at radius 2 is 2.10 bits per heavy atom. The number of hydrogen-bond acceptors (Lipinski definition) is 3. The second-order valence-electron chi connectivity index (χ2n) is 5.65.